The van der Waals surface area contributed by atoms with Gasteiger partial charge in [-0.05, 0) is 91.3 Å². The van der Waals surface area contributed by atoms with Gasteiger partial charge in [-0.2, -0.15) is 5.10 Å². The Balaban J connectivity index is 1.57. The number of ether oxygens (including phenoxy) is 1. The number of nitrogens with zero attached hydrogens (tertiary/aromatic N) is 3. The van der Waals surface area contributed by atoms with E-state index in [4.69, 9.17) is 27.9 Å². The highest BCUT2D eigenvalue weighted by Gasteiger charge is 2.28. The third-order valence-corrected chi connectivity index (χ3v) is 9.26. The van der Waals surface area contributed by atoms with Gasteiger partial charge >= 0.3 is 0 Å². The SMILES string of the molecule is COc1ccc(S(=O)(=O)N(CC(=O)N/N=C/c2cc(C)n(-c3ccc(Cl)cc3Cl)c2C)c2ccc(C)cc2)cc1Br. The normalized spacial score (nSPS) is 11.6. The Hall–Kier alpha value is -3.31. The van der Waals surface area contributed by atoms with E-state index in [2.05, 4.69) is 26.5 Å². The lowest BCUT2D eigenvalue weighted by molar-refractivity contribution is -0.119. The summed E-state index contributed by atoms with van der Waals surface area (Å²) in [5.41, 5.74) is 7.00. The predicted octanol–water partition coefficient (Wildman–Crippen LogP) is 6.83. The smallest absolute Gasteiger partial charge is 0.264 e. The summed E-state index contributed by atoms with van der Waals surface area (Å²) in [7, 11) is -2.64. The Morgan fingerprint density at radius 3 is 2.39 bits per heavy atom. The average Bonchev–Trinajstić information content (AvgIpc) is 3.20. The van der Waals surface area contributed by atoms with E-state index in [9.17, 15) is 13.2 Å². The zero-order valence-corrected chi connectivity index (χ0v) is 26.6. The van der Waals surface area contributed by atoms with Crippen LogP contribution in [0, 0.1) is 20.8 Å². The minimum absolute atomic E-state index is 0.00430. The first-order valence-electron chi connectivity index (χ1n) is 12.3. The lowest BCUT2D eigenvalue weighted by Crippen LogP contribution is -2.39. The maximum absolute atomic E-state index is 13.7. The number of sulfonamides is 1. The number of hydrogen-bond donors (Lipinski definition) is 1. The quantitative estimate of drug-likeness (QED) is 0.155. The van der Waals surface area contributed by atoms with Gasteiger partial charge in [-0.3, -0.25) is 9.10 Å². The molecular formula is C29H27BrCl2N4O4S. The highest BCUT2D eigenvalue weighted by molar-refractivity contribution is 9.10. The van der Waals surface area contributed by atoms with Crippen molar-refractivity contribution in [1.82, 2.24) is 9.99 Å². The van der Waals surface area contributed by atoms with E-state index < -0.39 is 22.5 Å². The second kappa shape index (κ2) is 12.7. The van der Waals surface area contributed by atoms with Gasteiger partial charge in [-0.15, -0.1) is 0 Å². The summed E-state index contributed by atoms with van der Waals surface area (Å²) in [4.78, 5) is 13.0. The van der Waals surface area contributed by atoms with Crippen LogP contribution in [0.4, 0.5) is 5.69 Å². The van der Waals surface area contributed by atoms with Crippen molar-refractivity contribution in [2.45, 2.75) is 25.7 Å². The lowest BCUT2D eigenvalue weighted by atomic mass is 10.2. The van der Waals surface area contributed by atoms with Crippen LogP contribution >= 0.6 is 39.1 Å². The van der Waals surface area contributed by atoms with Gasteiger partial charge in [0, 0.05) is 22.0 Å². The van der Waals surface area contributed by atoms with Crippen molar-refractivity contribution in [3.63, 3.8) is 0 Å². The summed E-state index contributed by atoms with van der Waals surface area (Å²) in [5.74, 6) is -0.136. The molecule has 12 heteroatoms. The Morgan fingerprint density at radius 2 is 1.76 bits per heavy atom. The molecule has 1 aromatic heterocycles. The van der Waals surface area contributed by atoms with Gasteiger partial charge in [-0.25, -0.2) is 13.8 Å². The van der Waals surface area contributed by atoms with Crippen molar-refractivity contribution in [2.24, 2.45) is 5.10 Å². The summed E-state index contributed by atoms with van der Waals surface area (Å²) in [5, 5.41) is 5.13. The molecule has 214 valence electrons. The minimum Gasteiger partial charge on any atom is -0.496 e. The van der Waals surface area contributed by atoms with Crippen LogP contribution in [0.15, 0.2) is 81.2 Å². The molecular weight excluding hydrogens is 651 g/mol. The van der Waals surface area contributed by atoms with Crippen molar-refractivity contribution in [1.29, 1.82) is 0 Å². The van der Waals surface area contributed by atoms with Gasteiger partial charge in [-0.1, -0.05) is 40.9 Å². The van der Waals surface area contributed by atoms with E-state index in [1.807, 2.05) is 37.5 Å². The maximum Gasteiger partial charge on any atom is 0.264 e. The summed E-state index contributed by atoms with van der Waals surface area (Å²) in [6.45, 7) is 5.23. The van der Waals surface area contributed by atoms with Crippen molar-refractivity contribution < 1.29 is 17.9 Å². The molecule has 1 heterocycles. The van der Waals surface area contributed by atoms with E-state index in [0.717, 1.165) is 32.5 Å². The number of amides is 1. The number of carbonyl (C=O) groups excluding carboxylic acids is 1. The Morgan fingerprint density at radius 1 is 1.05 bits per heavy atom. The molecule has 0 saturated heterocycles. The zero-order valence-electron chi connectivity index (χ0n) is 22.7. The summed E-state index contributed by atoms with van der Waals surface area (Å²) >= 11 is 15.8. The number of hydrazone groups is 1. The molecule has 41 heavy (non-hydrogen) atoms. The van der Waals surface area contributed by atoms with Crippen LogP contribution in [0.1, 0.15) is 22.5 Å². The van der Waals surface area contributed by atoms with E-state index in [1.165, 1.54) is 25.5 Å². The zero-order chi connectivity index (χ0) is 29.9. The average molecular weight is 678 g/mol. The highest BCUT2D eigenvalue weighted by Crippen LogP contribution is 2.31. The standard InChI is InChI=1S/C29H27BrCl2N4O4S/c1-18-5-8-23(9-6-18)35(41(38,39)24-10-12-28(40-4)25(30)15-24)17-29(37)34-33-16-21-13-19(2)36(20(21)3)27-11-7-22(31)14-26(27)32/h5-16H,17H2,1-4H3,(H,34,37)/b33-16+. The second-order valence-corrected chi connectivity index (χ2v) is 12.8. The Bertz CT molecular complexity index is 1740. The number of hydrogen-bond acceptors (Lipinski definition) is 5. The van der Waals surface area contributed by atoms with Gasteiger partial charge < -0.3 is 9.30 Å². The third-order valence-electron chi connectivity index (χ3n) is 6.33. The summed E-state index contributed by atoms with van der Waals surface area (Å²) in [6.07, 6.45) is 1.51. The molecule has 4 aromatic rings. The largest absolute Gasteiger partial charge is 0.496 e. The molecule has 3 aromatic carbocycles. The molecule has 1 N–H and O–H groups in total. The fourth-order valence-corrected chi connectivity index (χ4v) is 6.89. The number of benzene rings is 3. The van der Waals surface area contributed by atoms with Crippen LogP contribution in [0.25, 0.3) is 5.69 Å². The van der Waals surface area contributed by atoms with E-state index in [1.54, 1.807) is 42.5 Å². The van der Waals surface area contributed by atoms with Crippen LogP contribution in [-0.2, 0) is 14.8 Å². The van der Waals surface area contributed by atoms with Crippen LogP contribution in [0.3, 0.4) is 0 Å². The molecule has 0 bridgehead atoms. The van der Waals surface area contributed by atoms with E-state index in [-0.39, 0.29) is 4.90 Å². The van der Waals surface area contributed by atoms with Crippen molar-refractivity contribution in [3.05, 3.63) is 104 Å². The number of aromatic nitrogens is 1. The predicted molar refractivity (Wildman–Crippen MR) is 167 cm³/mol. The number of halogens is 3. The van der Waals surface area contributed by atoms with Gasteiger partial charge in [0.05, 0.1) is 39.1 Å². The topological polar surface area (TPSA) is 93.0 Å². The molecule has 0 aliphatic carbocycles. The monoisotopic (exact) mass is 676 g/mol. The molecule has 8 nitrogen and oxygen atoms in total. The number of rotatable bonds is 9. The van der Waals surface area contributed by atoms with Crippen molar-refractivity contribution >= 4 is 67.0 Å². The molecule has 0 atom stereocenters. The molecule has 0 radical (unpaired) electrons. The third kappa shape index (κ3) is 6.78. The Kier molecular flexibility index (Phi) is 9.48. The molecule has 0 aliphatic rings. The van der Waals surface area contributed by atoms with Crippen LogP contribution in [-0.4, -0.2) is 38.8 Å². The van der Waals surface area contributed by atoms with Gasteiger partial charge in [0.2, 0.25) is 0 Å². The molecule has 4 rings (SSSR count). The van der Waals surface area contributed by atoms with Crippen LogP contribution < -0.4 is 14.5 Å². The van der Waals surface area contributed by atoms with Gasteiger partial charge in [0.1, 0.15) is 12.3 Å². The summed E-state index contributed by atoms with van der Waals surface area (Å²) in [6, 6.07) is 18.4. The fraction of sp³-hybridized carbons (Fsp3) is 0.172. The summed E-state index contributed by atoms with van der Waals surface area (Å²) < 4.78 is 36.1. The second-order valence-electron chi connectivity index (χ2n) is 9.19. The molecule has 0 aliphatic heterocycles. The highest BCUT2D eigenvalue weighted by atomic mass is 79.9. The molecule has 0 saturated carbocycles. The number of aryl methyl sites for hydroxylation is 2. The van der Waals surface area contributed by atoms with Gasteiger partial charge in [0.15, 0.2) is 0 Å². The van der Waals surface area contributed by atoms with Crippen molar-refractivity contribution in [3.8, 4) is 11.4 Å². The van der Waals surface area contributed by atoms with E-state index in [0.29, 0.717) is 26.0 Å². The van der Waals surface area contributed by atoms with Crippen molar-refractivity contribution in [2.75, 3.05) is 18.0 Å². The lowest BCUT2D eigenvalue weighted by Gasteiger charge is -2.24. The maximum atomic E-state index is 13.7. The van der Waals surface area contributed by atoms with Crippen LogP contribution in [0.2, 0.25) is 10.0 Å². The number of methoxy groups -OCH3 is 1. The van der Waals surface area contributed by atoms with E-state index >= 15 is 0 Å². The number of nitrogens with one attached hydrogen (secondary N) is 1. The first-order valence-corrected chi connectivity index (χ1v) is 15.3. The van der Waals surface area contributed by atoms with Gasteiger partial charge in [0.25, 0.3) is 15.9 Å². The number of anilines is 1. The fourth-order valence-electron chi connectivity index (χ4n) is 4.25. The molecule has 1 amide bonds. The molecule has 0 fully saturated rings. The Labute approximate surface area is 257 Å². The minimum atomic E-state index is -4.12. The first-order chi connectivity index (χ1) is 19.4. The first kappa shape index (κ1) is 30.6. The molecule has 0 unspecified atom stereocenters. The molecule has 0 spiro atoms. The number of carbonyl (C=O) groups is 1. The van der Waals surface area contributed by atoms with Crippen LogP contribution in [0.5, 0.6) is 5.75 Å².